The summed E-state index contributed by atoms with van der Waals surface area (Å²) >= 11 is 0. The number of anilines is 1. The number of pyridine rings is 1. The molecule has 6 rings (SSSR count). The van der Waals surface area contributed by atoms with Crippen molar-refractivity contribution in [2.45, 2.75) is 32.4 Å². The van der Waals surface area contributed by atoms with Gasteiger partial charge >= 0.3 is 6.09 Å². The Bertz CT molecular complexity index is 1590. The molecule has 202 valence electrons. The number of rotatable bonds is 7. The summed E-state index contributed by atoms with van der Waals surface area (Å²) in [5.74, 6) is 1.54. The molecule has 1 fully saturated rings. The molecule has 1 aliphatic rings. The number of ether oxygens (including phenoxy) is 1. The Morgan fingerprint density at radius 3 is 2.73 bits per heavy atom. The molecular weight excluding hydrogens is 502 g/mol. The van der Waals surface area contributed by atoms with Gasteiger partial charge in [-0.05, 0) is 72.7 Å². The fourth-order valence-electron chi connectivity index (χ4n) is 5.19. The first kappa shape index (κ1) is 25.5. The number of benzene rings is 2. The van der Waals surface area contributed by atoms with Gasteiger partial charge in [0.25, 0.3) is 0 Å². The van der Waals surface area contributed by atoms with Gasteiger partial charge in [0.05, 0.1) is 11.0 Å². The minimum atomic E-state index is -0.266. The average Bonchev–Trinajstić information content (AvgIpc) is 3.44. The van der Waals surface area contributed by atoms with Crippen LogP contribution in [0.1, 0.15) is 25.3 Å². The summed E-state index contributed by atoms with van der Waals surface area (Å²) in [6.07, 6.45) is 8.80. The molecule has 1 saturated heterocycles. The van der Waals surface area contributed by atoms with Crippen molar-refractivity contribution in [3.8, 4) is 16.9 Å². The van der Waals surface area contributed by atoms with Gasteiger partial charge in [-0.25, -0.2) is 14.8 Å². The molecule has 1 amide bonds. The summed E-state index contributed by atoms with van der Waals surface area (Å²) in [6.45, 7) is 3.74. The molecule has 2 atom stereocenters. The minimum Gasteiger partial charge on any atom is -0.445 e. The van der Waals surface area contributed by atoms with Crippen LogP contribution >= 0.6 is 0 Å². The van der Waals surface area contributed by atoms with Crippen molar-refractivity contribution in [2.75, 3.05) is 18.4 Å². The fourth-order valence-corrected chi connectivity index (χ4v) is 5.19. The number of carbonyl (C=O) groups excluding carboxylic acids is 1. The SMILES string of the molecule is CC(Nc1nccc(-n2cnc3cc(-c4ccncc4)ccc32)n1)C1CCCN(C(=O)OCc2ccccc2)C1. The fraction of sp³-hybridized carbons (Fsp3) is 0.258. The zero-order valence-electron chi connectivity index (χ0n) is 22.4. The molecule has 0 spiro atoms. The zero-order chi connectivity index (χ0) is 27.3. The Morgan fingerprint density at radius 2 is 1.88 bits per heavy atom. The summed E-state index contributed by atoms with van der Waals surface area (Å²) in [5.41, 5.74) is 5.02. The van der Waals surface area contributed by atoms with Gasteiger partial charge in [0.15, 0.2) is 0 Å². The summed E-state index contributed by atoms with van der Waals surface area (Å²) in [5, 5.41) is 3.47. The van der Waals surface area contributed by atoms with Crippen molar-refractivity contribution in [2.24, 2.45) is 5.92 Å². The van der Waals surface area contributed by atoms with Crippen LogP contribution in [0.15, 0.2) is 91.6 Å². The molecule has 0 bridgehead atoms. The van der Waals surface area contributed by atoms with Crippen LogP contribution in [0, 0.1) is 5.92 Å². The van der Waals surface area contributed by atoms with E-state index in [1.54, 1.807) is 24.9 Å². The maximum Gasteiger partial charge on any atom is 0.410 e. The van der Waals surface area contributed by atoms with E-state index in [9.17, 15) is 4.79 Å². The normalized spacial score (nSPS) is 16.0. The van der Waals surface area contributed by atoms with Gasteiger partial charge in [-0.2, -0.15) is 4.98 Å². The van der Waals surface area contributed by atoms with Crippen LogP contribution in [0.5, 0.6) is 0 Å². The van der Waals surface area contributed by atoms with E-state index in [1.807, 2.05) is 58.0 Å². The lowest BCUT2D eigenvalue weighted by Crippen LogP contribution is -2.45. The van der Waals surface area contributed by atoms with Crippen molar-refractivity contribution >= 4 is 23.1 Å². The largest absolute Gasteiger partial charge is 0.445 e. The average molecular weight is 534 g/mol. The lowest BCUT2D eigenvalue weighted by atomic mass is 9.92. The number of fused-ring (bicyclic) bond motifs is 1. The Balaban J connectivity index is 1.11. The molecule has 1 aliphatic heterocycles. The van der Waals surface area contributed by atoms with Gasteiger partial charge in [0.2, 0.25) is 5.95 Å². The molecule has 2 unspecified atom stereocenters. The van der Waals surface area contributed by atoms with Gasteiger partial charge in [-0.3, -0.25) is 9.55 Å². The molecule has 2 aromatic carbocycles. The predicted molar refractivity (Wildman–Crippen MR) is 154 cm³/mol. The first-order valence-corrected chi connectivity index (χ1v) is 13.6. The van der Waals surface area contributed by atoms with Gasteiger partial charge in [0, 0.05) is 37.7 Å². The second-order valence-corrected chi connectivity index (χ2v) is 10.1. The quantitative estimate of drug-likeness (QED) is 0.285. The molecule has 3 aromatic heterocycles. The van der Waals surface area contributed by atoms with E-state index in [1.165, 1.54) is 0 Å². The number of imidazole rings is 1. The standard InChI is InChI=1S/C31H31N7O2/c1-22(26-8-5-17-37(19-26)31(39)40-20-23-6-3-2-4-7-23)35-30-33-16-13-29(36-30)38-21-34-27-18-25(9-10-28(27)38)24-11-14-32-15-12-24/h2-4,6-7,9-16,18,21-22,26H,5,8,17,19-20H2,1H3,(H,33,35,36). The van der Waals surface area contributed by atoms with Crippen LogP contribution in [0.3, 0.4) is 0 Å². The summed E-state index contributed by atoms with van der Waals surface area (Å²) in [7, 11) is 0. The topological polar surface area (TPSA) is 98.1 Å². The van der Waals surface area contributed by atoms with E-state index < -0.39 is 0 Å². The Hall–Kier alpha value is -4.79. The number of nitrogens with zero attached hydrogens (tertiary/aromatic N) is 6. The van der Waals surface area contributed by atoms with Crippen LogP contribution in [0.25, 0.3) is 28.0 Å². The van der Waals surface area contributed by atoms with E-state index in [2.05, 4.69) is 45.4 Å². The monoisotopic (exact) mass is 533 g/mol. The number of carbonyl (C=O) groups is 1. The van der Waals surface area contributed by atoms with Crippen molar-refractivity contribution in [1.29, 1.82) is 0 Å². The lowest BCUT2D eigenvalue weighted by Gasteiger charge is -2.35. The summed E-state index contributed by atoms with van der Waals surface area (Å²) in [4.78, 5) is 32.5. The number of aromatic nitrogens is 5. The van der Waals surface area contributed by atoms with Crippen LogP contribution < -0.4 is 5.32 Å². The van der Waals surface area contributed by atoms with Crippen LogP contribution in [0.2, 0.25) is 0 Å². The maximum absolute atomic E-state index is 12.7. The van der Waals surface area contributed by atoms with Crippen LogP contribution in [0.4, 0.5) is 10.7 Å². The van der Waals surface area contributed by atoms with E-state index in [-0.39, 0.29) is 24.7 Å². The first-order valence-electron chi connectivity index (χ1n) is 13.6. The third-order valence-electron chi connectivity index (χ3n) is 7.43. The second-order valence-electron chi connectivity index (χ2n) is 10.1. The summed E-state index contributed by atoms with van der Waals surface area (Å²) in [6, 6.07) is 21.9. The maximum atomic E-state index is 12.7. The van der Waals surface area contributed by atoms with Gasteiger partial charge in [0.1, 0.15) is 18.8 Å². The molecule has 0 radical (unpaired) electrons. The molecule has 9 heteroatoms. The summed E-state index contributed by atoms with van der Waals surface area (Å²) < 4.78 is 7.54. The Labute approximate surface area is 232 Å². The Morgan fingerprint density at radius 1 is 1.02 bits per heavy atom. The smallest absolute Gasteiger partial charge is 0.410 e. The number of piperidine rings is 1. The number of likely N-dealkylation sites (tertiary alicyclic amines) is 1. The highest BCUT2D eigenvalue weighted by Gasteiger charge is 2.28. The van der Waals surface area contributed by atoms with Gasteiger partial charge in [-0.15, -0.1) is 0 Å². The number of amides is 1. The highest BCUT2D eigenvalue weighted by atomic mass is 16.6. The third-order valence-corrected chi connectivity index (χ3v) is 7.43. The minimum absolute atomic E-state index is 0.0717. The Kier molecular flexibility index (Phi) is 7.34. The van der Waals surface area contributed by atoms with Crippen LogP contribution in [-0.2, 0) is 11.3 Å². The molecular formula is C31H31N7O2. The lowest BCUT2D eigenvalue weighted by molar-refractivity contribution is 0.0773. The molecule has 1 N–H and O–H groups in total. The number of hydrogen-bond acceptors (Lipinski definition) is 7. The third kappa shape index (κ3) is 5.63. The zero-order valence-corrected chi connectivity index (χ0v) is 22.4. The van der Waals surface area contributed by atoms with E-state index in [4.69, 9.17) is 9.72 Å². The second kappa shape index (κ2) is 11.5. The molecule has 9 nitrogen and oxygen atoms in total. The molecule has 4 heterocycles. The van der Waals surface area contributed by atoms with Crippen LogP contribution in [-0.4, -0.2) is 54.6 Å². The highest BCUT2D eigenvalue weighted by Crippen LogP contribution is 2.26. The van der Waals surface area contributed by atoms with Crippen molar-refractivity contribution < 1.29 is 9.53 Å². The molecule has 0 aliphatic carbocycles. The van der Waals surface area contributed by atoms with Crippen molar-refractivity contribution in [1.82, 2.24) is 29.4 Å². The first-order chi connectivity index (χ1) is 19.6. The molecule has 5 aromatic rings. The molecule has 40 heavy (non-hydrogen) atoms. The predicted octanol–water partition coefficient (Wildman–Crippen LogP) is 5.73. The van der Waals surface area contributed by atoms with E-state index >= 15 is 0 Å². The van der Waals surface area contributed by atoms with Crippen molar-refractivity contribution in [3.63, 3.8) is 0 Å². The van der Waals surface area contributed by atoms with Gasteiger partial charge < -0.3 is 15.0 Å². The van der Waals surface area contributed by atoms with E-state index in [0.29, 0.717) is 19.0 Å². The van der Waals surface area contributed by atoms with Crippen molar-refractivity contribution in [3.05, 3.63) is 97.2 Å². The number of nitrogens with one attached hydrogen (secondary N) is 1. The van der Waals surface area contributed by atoms with E-state index in [0.717, 1.165) is 46.4 Å². The molecule has 0 saturated carbocycles. The highest BCUT2D eigenvalue weighted by molar-refractivity contribution is 5.83. The van der Waals surface area contributed by atoms with Gasteiger partial charge in [-0.1, -0.05) is 36.4 Å². The number of hydrogen-bond donors (Lipinski definition) is 1.